The van der Waals surface area contributed by atoms with E-state index in [-0.39, 0.29) is 31.5 Å². The molecule has 0 aliphatic heterocycles. The zero-order valence-corrected chi connectivity index (χ0v) is 55.4. The third kappa shape index (κ3) is 62.3. The second-order valence-electron chi connectivity index (χ2n) is 25.0. The number of ether oxygens (including phenoxy) is 1. The van der Waals surface area contributed by atoms with Crippen molar-refractivity contribution in [2.75, 3.05) is 40.9 Å². The van der Waals surface area contributed by atoms with Crippen LogP contribution in [0.2, 0.25) is 0 Å². The molecule has 1 amide bonds. The van der Waals surface area contributed by atoms with Gasteiger partial charge in [-0.15, -0.1) is 0 Å². The Morgan fingerprint density at radius 2 is 0.753 bits per heavy atom. The molecule has 0 rings (SSSR count). The summed E-state index contributed by atoms with van der Waals surface area (Å²) in [5.74, 6) is -0.496. The van der Waals surface area contributed by atoms with Crippen LogP contribution >= 0.6 is 7.82 Å². The fourth-order valence-electron chi connectivity index (χ4n) is 10.3. The zero-order valence-electron chi connectivity index (χ0n) is 54.5. The molecule has 0 spiro atoms. The van der Waals surface area contributed by atoms with Gasteiger partial charge in [-0.2, -0.15) is 0 Å². The van der Waals surface area contributed by atoms with Gasteiger partial charge < -0.3 is 19.4 Å². The minimum atomic E-state index is -4.45. The Hall–Kier alpha value is -2.03. The van der Waals surface area contributed by atoms with Crippen molar-refractivity contribution in [2.45, 2.75) is 354 Å². The average molecular weight is 1160 g/mol. The number of amides is 1. The van der Waals surface area contributed by atoms with E-state index in [9.17, 15) is 19.0 Å². The van der Waals surface area contributed by atoms with E-state index >= 15 is 0 Å². The van der Waals surface area contributed by atoms with Crippen molar-refractivity contribution in [2.24, 2.45) is 0 Å². The molecule has 0 heterocycles. The van der Waals surface area contributed by atoms with Crippen molar-refractivity contribution in [3.8, 4) is 0 Å². The summed E-state index contributed by atoms with van der Waals surface area (Å²) in [4.78, 5) is 37.8. The number of nitrogens with zero attached hydrogens (tertiary/aromatic N) is 1. The van der Waals surface area contributed by atoms with Crippen LogP contribution in [0.3, 0.4) is 0 Å². The molecule has 0 radical (unpaired) electrons. The number of hydrogen-bond acceptors (Lipinski definition) is 6. The molecule has 0 aliphatic carbocycles. The SMILES string of the molecule is CCCCC/C=C\C/C=C\CCCCCCCCCCCC(=O)OC(/C=C\CCCCCCCCCCC)C(COP(=O)(O)OCC[N+](C)(C)C)NC(=O)CCCCCCCCCCCCCCCCC/C=C/CCCCCCCC. The molecular formula is C71H136N2O7P+. The van der Waals surface area contributed by atoms with Crippen molar-refractivity contribution in [1.29, 1.82) is 0 Å². The highest BCUT2D eigenvalue weighted by Gasteiger charge is 2.30. The van der Waals surface area contributed by atoms with Gasteiger partial charge in [-0.05, 0) is 89.5 Å². The number of quaternary nitrogens is 1. The van der Waals surface area contributed by atoms with Crippen LogP contribution in [-0.2, 0) is 27.9 Å². The predicted octanol–water partition coefficient (Wildman–Crippen LogP) is 22.0. The predicted molar refractivity (Wildman–Crippen MR) is 351 cm³/mol. The highest BCUT2D eigenvalue weighted by atomic mass is 31.2. The smallest absolute Gasteiger partial charge is 0.456 e. The summed E-state index contributed by atoms with van der Waals surface area (Å²) in [7, 11) is 1.50. The molecule has 9 nitrogen and oxygen atoms in total. The van der Waals surface area contributed by atoms with Crippen LogP contribution in [0.4, 0.5) is 0 Å². The van der Waals surface area contributed by atoms with E-state index in [0.29, 0.717) is 17.4 Å². The molecule has 10 heteroatoms. The molecule has 2 N–H and O–H groups in total. The molecule has 0 aromatic carbocycles. The minimum Gasteiger partial charge on any atom is -0.456 e. The van der Waals surface area contributed by atoms with E-state index in [1.165, 1.54) is 244 Å². The van der Waals surface area contributed by atoms with Gasteiger partial charge >= 0.3 is 13.8 Å². The standard InChI is InChI=1S/C71H135N2O7P/c1-7-10-13-16-19-22-25-27-29-31-33-34-35-36-37-38-40-41-43-45-48-51-54-57-60-63-70(74)72-68(67-79-81(76,77)78-66-65-73(4,5)6)69(62-59-56-53-50-47-24-21-18-15-12-9-3)80-71(75)64-61-58-55-52-49-46-44-42-39-32-30-28-26-23-20-17-14-11-8-2/h20,23,27-30,59,62,68-69H,7-19,21-22,24-26,31-58,60-61,63-67H2,1-6H3,(H-,72,74,76,77)/p+1/b23-20-,29-27+,30-28-,62-59-. The first-order chi connectivity index (χ1) is 39.4. The molecule has 81 heavy (non-hydrogen) atoms. The lowest BCUT2D eigenvalue weighted by molar-refractivity contribution is -0.870. The summed E-state index contributed by atoms with van der Waals surface area (Å²) in [6.45, 7) is 7.02. The third-order valence-corrected chi connectivity index (χ3v) is 16.7. The monoisotopic (exact) mass is 1160 g/mol. The second kappa shape index (κ2) is 61.1. The number of carbonyl (C=O) groups is 2. The molecule has 0 aromatic rings. The molecule has 3 atom stereocenters. The summed E-state index contributed by atoms with van der Waals surface area (Å²) >= 11 is 0. The lowest BCUT2D eigenvalue weighted by Crippen LogP contribution is -2.47. The molecule has 0 fully saturated rings. The summed E-state index contributed by atoms with van der Waals surface area (Å²) in [5.41, 5.74) is 0. The van der Waals surface area contributed by atoms with E-state index in [4.69, 9.17) is 13.8 Å². The van der Waals surface area contributed by atoms with E-state index in [0.717, 1.165) is 64.2 Å². The Kier molecular flexibility index (Phi) is 59.5. The summed E-state index contributed by atoms with van der Waals surface area (Å²) in [5, 5.41) is 3.07. The topological polar surface area (TPSA) is 111 Å². The molecular weight excluding hydrogens is 1020 g/mol. The van der Waals surface area contributed by atoms with Gasteiger partial charge in [-0.25, -0.2) is 4.57 Å². The fourth-order valence-corrected chi connectivity index (χ4v) is 11.1. The first kappa shape index (κ1) is 79.0. The Morgan fingerprint density at radius 3 is 1.15 bits per heavy atom. The Labute approximate surface area is 503 Å². The maximum atomic E-state index is 13.6. The van der Waals surface area contributed by atoms with Gasteiger partial charge in [-0.1, -0.05) is 288 Å². The molecule has 0 aliphatic rings. The van der Waals surface area contributed by atoms with Crippen LogP contribution in [0.1, 0.15) is 342 Å². The van der Waals surface area contributed by atoms with Gasteiger partial charge in [0.1, 0.15) is 19.3 Å². The quantitative estimate of drug-likeness (QED) is 0.0205. The Bertz CT molecular complexity index is 1520. The van der Waals surface area contributed by atoms with Crippen molar-refractivity contribution in [3.63, 3.8) is 0 Å². The van der Waals surface area contributed by atoms with Crippen LogP contribution in [0.5, 0.6) is 0 Å². The number of nitrogens with one attached hydrogen (secondary N) is 1. The normalized spacial score (nSPS) is 13.8. The van der Waals surface area contributed by atoms with Crippen LogP contribution in [-0.4, -0.2) is 74.3 Å². The minimum absolute atomic E-state index is 0.0408. The van der Waals surface area contributed by atoms with Gasteiger partial charge in [0.2, 0.25) is 5.91 Å². The number of esters is 1. The molecule has 0 aromatic heterocycles. The fraction of sp³-hybridized carbons (Fsp3) is 0.859. The van der Waals surface area contributed by atoms with Crippen molar-refractivity contribution < 1.29 is 37.3 Å². The maximum absolute atomic E-state index is 13.6. The van der Waals surface area contributed by atoms with E-state index < -0.39 is 20.0 Å². The van der Waals surface area contributed by atoms with Crippen molar-refractivity contribution >= 4 is 19.7 Å². The molecule has 3 unspecified atom stereocenters. The zero-order chi connectivity index (χ0) is 59.3. The number of carbonyl (C=O) groups excluding carboxylic acids is 2. The molecule has 476 valence electrons. The highest BCUT2D eigenvalue weighted by Crippen LogP contribution is 2.43. The van der Waals surface area contributed by atoms with E-state index in [2.05, 4.69) is 62.5 Å². The van der Waals surface area contributed by atoms with Crippen molar-refractivity contribution in [1.82, 2.24) is 5.32 Å². The van der Waals surface area contributed by atoms with Crippen molar-refractivity contribution in [3.05, 3.63) is 48.6 Å². The lowest BCUT2D eigenvalue weighted by atomic mass is 10.0. The number of rotatable bonds is 64. The molecule has 0 bridgehead atoms. The number of phosphoric acid groups is 1. The number of hydrogen-bond donors (Lipinski definition) is 2. The number of phosphoric ester groups is 1. The Morgan fingerprint density at radius 1 is 0.432 bits per heavy atom. The average Bonchev–Trinajstić information content (AvgIpc) is 3.44. The van der Waals surface area contributed by atoms with Gasteiger partial charge in [0.25, 0.3) is 0 Å². The highest BCUT2D eigenvalue weighted by molar-refractivity contribution is 7.47. The summed E-state index contributed by atoms with van der Waals surface area (Å²) in [6.07, 6.45) is 76.9. The molecule has 0 saturated carbocycles. The van der Waals surface area contributed by atoms with Crippen LogP contribution in [0, 0.1) is 0 Å². The van der Waals surface area contributed by atoms with Gasteiger partial charge in [0.05, 0.1) is 33.8 Å². The summed E-state index contributed by atoms with van der Waals surface area (Å²) < 4.78 is 30.8. The van der Waals surface area contributed by atoms with Gasteiger partial charge in [0.15, 0.2) is 0 Å². The lowest BCUT2D eigenvalue weighted by Gasteiger charge is -2.27. The maximum Gasteiger partial charge on any atom is 0.472 e. The first-order valence-corrected chi connectivity index (χ1v) is 36.5. The van der Waals surface area contributed by atoms with Gasteiger partial charge in [-0.3, -0.25) is 18.6 Å². The van der Waals surface area contributed by atoms with Gasteiger partial charge in [0, 0.05) is 12.8 Å². The van der Waals surface area contributed by atoms with Crippen LogP contribution in [0.25, 0.3) is 0 Å². The first-order valence-electron chi connectivity index (χ1n) is 35.0. The van der Waals surface area contributed by atoms with Crippen LogP contribution < -0.4 is 5.32 Å². The second-order valence-corrected chi connectivity index (χ2v) is 26.5. The number of unbranched alkanes of at least 4 members (excludes halogenated alkanes) is 42. The molecule has 0 saturated heterocycles. The largest absolute Gasteiger partial charge is 0.472 e. The number of likely N-dealkylation sites (N-methyl/N-ethyl adjacent to an activating group) is 1. The Balaban J connectivity index is 5.01. The third-order valence-electron chi connectivity index (χ3n) is 15.7. The van der Waals surface area contributed by atoms with E-state index in [1.54, 1.807) is 0 Å². The number of allylic oxidation sites excluding steroid dienone is 7. The van der Waals surface area contributed by atoms with Crippen LogP contribution in [0.15, 0.2) is 48.6 Å². The summed E-state index contributed by atoms with van der Waals surface area (Å²) in [6, 6.07) is -0.849. The van der Waals surface area contributed by atoms with E-state index in [1.807, 2.05) is 33.3 Å².